The summed E-state index contributed by atoms with van der Waals surface area (Å²) in [5, 5.41) is 13.8. The van der Waals surface area contributed by atoms with E-state index < -0.39 is 0 Å². The maximum atomic E-state index is 11.3. The Balaban J connectivity index is 1.97. The van der Waals surface area contributed by atoms with Crippen LogP contribution in [0.3, 0.4) is 0 Å². The zero-order valence-electron chi connectivity index (χ0n) is 13.4. The molecule has 0 saturated carbocycles. The summed E-state index contributed by atoms with van der Waals surface area (Å²) in [6.07, 6.45) is 0. The number of esters is 1. The molecule has 0 bridgehead atoms. The number of nitrogens with zero attached hydrogens (tertiary/aromatic N) is 1. The number of hydrogen-bond acceptors (Lipinski definition) is 5. The van der Waals surface area contributed by atoms with Gasteiger partial charge in [-0.1, -0.05) is 29.4 Å². The van der Waals surface area contributed by atoms with Crippen molar-refractivity contribution in [2.24, 2.45) is 5.16 Å². The molecule has 0 aliphatic rings. The van der Waals surface area contributed by atoms with Crippen LogP contribution >= 0.6 is 0 Å². The lowest BCUT2D eigenvalue weighted by Gasteiger charge is -2.05. The molecule has 0 aromatic heterocycles. The average Bonchev–Trinajstić information content (AvgIpc) is 2.57. The predicted molar refractivity (Wildman–Crippen MR) is 87.6 cm³/mol. The van der Waals surface area contributed by atoms with Crippen molar-refractivity contribution in [2.75, 3.05) is 7.11 Å². The Hall–Kier alpha value is -2.82. The summed E-state index contributed by atoms with van der Waals surface area (Å²) in [5.41, 5.74) is 3.67. The van der Waals surface area contributed by atoms with Gasteiger partial charge >= 0.3 is 5.97 Å². The van der Waals surface area contributed by atoms with E-state index in [-0.39, 0.29) is 18.3 Å². The summed E-state index contributed by atoms with van der Waals surface area (Å²) >= 11 is 0. The summed E-state index contributed by atoms with van der Waals surface area (Å²) in [6.45, 7) is 3.93. The normalized spacial score (nSPS) is 11.2. The molecule has 0 atom stereocenters. The molecule has 2 aromatic rings. The quantitative estimate of drug-likeness (QED) is 0.521. The highest BCUT2D eigenvalue weighted by Crippen LogP contribution is 2.18. The Morgan fingerprint density at radius 3 is 2.39 bits per heavy atom. The number of rotatable bonds is 5. The summed E-state index contributed by atoms with van der Waals surface area (Å²) in [4.78, 5) is 16.7. The summed E-state index contributed by atoms with van der Waals surface area (Å²) < 4.78 is 4.64. The number of aromatic hydroxyl groups is 1. The van der Waals surface area contributed by atoms with Crippen LogP contribution in [0.5, 0.6) is 5.75 Å². The predicted octanol–water partition coefficient (Wildman–Crippen LogP) is 3.43. The van der Waals surface area contributed by atoms with E-state index in [2.05, 4.69) is 9.89 Å². The van der Waals surface area contributed by atoms with Gasteiger partial charge in [0.25, 0.3) is 0 Å². The van der Waals surface area contributed by atoms with Gasteiger partial charge in [-0.3, -0.25) is 0 Å². The Morgan fingerprint density at radius 2 is 1.78 bits per heavy atom. The molecule has 23 heavy (non-hydrogen) atoms. The number of carbonyl (C=O) groups excluding carboxylic acids is 1. The number of methoxy groups -OCH3 is 1. The molecule has 1 N–H and O–H groups in total. The molecule has 0 heterocycles. The highest BCUT2D eigenvalue weighted by atomic mass is 16.6. The van der Waals surface area contributed by atoms with Gasteiger partial charge in [0.05, 0.1) is 18.4 Å². The van der Waals surface area contributed by atoms with Crippen LogP contribution < -0.4 is 0 Å². The van der Waals surface area contributed by atoms with E-state index in [1.165, 1.54) is 7.11 Å². The number of carbonyl (C=O) groups is 1. The number of phenolic OH excluding ortho intramolecular Hbond substituents is 1. The van der Waals surface area contributed by atoms with Gasteiger partial charge in [-0.2, -0.15) is 0 Å². The zero-order chi connectivity index (χ0) is 16.8. The van der Waals surface area contributed by atoms with Crippen molar-refractivity contribution in [2.45, 2.75) is 20.5 Å². The summed E-state index contributed by atoms with van der Waals surface area (Å²) in [5.74, 6) is -0.138. The van der Waals surface area contributed by atoms with Gasteiger partial charge in [-0.05, 0) is 43.2 Å². The fourth-order valence-corrected chi connectivity index (χ4v) is 1.95. The molecule has 0 spiro atoms. The molecule has 5 heteroatoms. The molecule has 0 saturated heterocycles. The molecule has 120 valence electrons. The minimum Gasteiger partial charge on any atom is -0.508 e. The Morgan fingerprint density at radius 1 is 1.13 bits per heavy atom. The Bertz CT molecular complexity index is 720. The first-order valence-corrected chi connectivity index (χ1v) is 7.15. The average molecular weight is 313 g/mol. The van der Waals surface area contributed by atoms with E-state index in [1.54, 1.807) is 30.3 Å². The maximum Gasteiger partial charge on any atom is 0.337 e. The van der Waals surface area contributed by atoms with E-state index in [9.17, 15) is 9.90 Å². The van der Waals surface area contributed by atoms with E-state index in [1.807, 2.05) is 26.0 Å². The number of aryl methyl sites for hydroxylation is 1. The monoisotopic (exact) mass is 313 g/mol. The highest BCUT2D eigenvalue weighted by molar-refractivity contribution is 5.98. The minimum absolute atomic E-state index is 0.232. The first kappa shape index (κ1) is 16.5. The van der Waals surface area contributed by atoms with Crippen LogP contribution in [0.25, 0.3) is 0 Å². The van der Waals surface area contributed by atoms with Gasteiger partial charge in [0, 0.05) is 5.56 Å². The van der Waals surface area contributed by atoms with Crippen LogP contribution in [0, 0.1) is 6.92 Å². The van der Waals surface area contributed by atoms with Gasteiger partial charge in [-0.15, -0.1) is 0 Å². The SMILES string of the molecule is COC(=O)c1ccc(CO/N=C(\C)c2ccc(C)c(O)c2)cc1. The van der Waals surface area contributed by atoms with E-state index >= 15 is 0 Å². The van der Waals surface area contributed by atoms with Crippen molar-refractivity contribution in [3.05, 3.63) is 64.7 Å². The molecule has 0 fully saturated rings. The lowest BCUT2D eigenvalue weighted by atomic mass is 10.1. The van der Waals surface area contributed by atoms with E-state index in [4.69, 9.17) is 4.84 Å². The van der Waals surface area contributed by atoms with Crippen molar-refractivity contribution in [1.82, 2.24) is 0 Å². The second-order valence-corrected chi connectivity index (χ2v) is 5.14. The van der Waals surface area contributed by atoms with Crippen LogP contribution in [0.1, 0.15) is 34.0 Å². The van der Waals surface area contributed by atoms with Crippen molar-refractivity contribution >= 4 is 11.7 Å². The molecule has 0 aliphatic carbocycles. The molecule has 0 radical (unpaired) electrons. The summed E-state index contributed by atoms with van der Waals surface area (Å²) in [7, 11) is 1.35. The molecular formula is C18H19NO4. The number of hydrogen-bond donors (Lipinski definition) is 1. The minimum atomic E-state index is -0.370. The van der Waals surface area contributed by atoms with Crippen molar-refractivity contribution < 1.29 is 19.5 Å². The highest BCUT2D eigenvalue weighted by Gasteiger charge is 2.05. The van der Waals surface area contributed by atoms with Gasteiger partial charge in [0.15, 0.2) is 0 Å². The molecule has 0 aliphatic heterocycles. The molecule has 0 unspecified atom stereocenters. The molecule has 2 aromatic carbocycles. The van der Waals surface area contributed by atoms with Crippen LogP contribution in [0.15, 0.2) is 47.6 Å². The Labute approximate surface area is 135 Å². The number of benzene rings is 2. The Kier molecular flexibility index (Phi) is 5.36. The first-order valence-electron chi connectivity index (χ1n) is 7.15. The third kappa shape index (κ3) is 4.32. The standard InChI is InChI=1S/C18H19NO4/c1-12-4-7-16(10-17(12)20)13(2)19-23-11-14-5-8-15(9-6-14)18(21)22-3/h4-10,20H,11H2,1-3H3/b19-13+. The van der Waals surface area contributed by atoms with Gasteiger partial charge in [0.1, 0.15) is 12.4 Å². The third-order valence-electron chi connectivity index (χ3n) is 3.43. The van der Waals surface area contributed by atoms with Crippen LogP contribution in [0.2, 0.25) is 0 Å². The maximum absolute atomic E-state index is 11.3. The second kappa shape index (κ2) is 7.45. The van der Waals surface area contributed by atoms with Gasteiger partial charge < -0.3 is 14.7 Å². The fraction of sp³-hybridized carbons (Fsp3) is 0.222. The first-order chi connectivity index (χ1) is 11.0. The van der Waals surface area contributed by atoms with Crippen molar-refractivity contribution in [3.8, 4) is 5.75 Å². The smallest absolute Gasteiger partial charge is 0.337 e. The van der Waals surface area contributed by atoms with E-state index in [0.717, 1.165) is 16.7 Å². The van der Waals surface area contributed by atoms with Crippen molar-refractivity contribution in [3.63, 3.8) is 0 Å². The second-order valence-electron chi connectivity index (χ2n) is 5.14. The van der Waals surface area contributed by atoms with Crippen LogP contribution in [0.4, 0.5) is 0 Å². The lowest BCUT2D eigenvalue weighted by molar-refractivity contribution is 0.0600. The summed E-state index contributed by atoms with van der Waals surface area (Å²) in [6, 6.07) is 12.3. The third-order valence-corrected chi connectivity index (χ3v) is 3.43. The van der Waals surface area contributed by atoms with Crippen LogP contribution in [-0.4, -0.2) is 23.9 Å². The molecule has 2 rings (SSSR count). The molecular weight excluding hydrogens is 294 g/mol. The number of phenols is 1. The zero-order valence-corrected chi connectivity index (χ0v) is 13.4. The van der Waals surface area contributed by atoms with Crippen molar-refractivity contribution in [1.29, 1.82) is 0 Å². The van der Waals surface area contributed by atoms with Gasteiger partial charge in [-0.25, -0.2) is 4.79 Å². The topological polar surface area (TPSA) is 68.1 Å². The lowest BCUT2D eigenvalue weighted by Crippen LogP contribution is -2.01. The van der Waals surface area contributed by atoms with Gasteiger partial charge in [0.2, 0.25) is 0 Å². The molecule has 0 amide bonds. The fourth-order valence-electron chi connectivity index (χ4n) is 1.95. The number of ether oxygens (including phenoxy) is 1. The van der Waals surface area contributed by atoms with E-state index in [0.29, 0.717) is 11.3 Å². The largest absolute Gasteiger partial charge is 0.508 e. The van der Waals surface area contributed by atoms with Crippen LogP contribution in [-0.2, 0) is 16.2 Å². The molecule has 5 nitrogen and oxygen atoms in total. The number of oxime groups is 1.